The Balaban J connectivity index is 3.55. The van der Waals surface area contributed by atoms with E-state index in [0.29, 0.717) is 0 Å². The van der Waals surface area contributed by atoms with Crippen LogP contribution in [-0.2, 0) is 4.79 Å². The number of hydrogen-bond acceptors (Lipinski definition) is 1. The van der Waals surface area contributed by atoms with Crippen LogP contribution in [0, 0.1) is 5.92 Å². The van der Waals surface area contributed by atoms with Crippen molar-refractivity contribution >= 4 is 5.91 Å². The maximum atomic E-state index is 12.2. The van der Waals surface area contributed by atoms with Gasteiger partial charge >= 0.3 is 0 Å². The summed E-state index contributed by atoms with van der Waals surface area (Å²) in [6, 6.07) is 0. The first-order chi connectivity index (χ1) is 9.10. The monoisotopic (exact) mass is 257 g/mol. The molecule has 0 aromatic rings. The van der Waals surface area contributed by atoms with Crippen molar-refractivity contribution in [2.45, 2.75) is 34.1 Å². The van der Waals surface area contributed by atoms with Crippen molar-refractivity contribution in [3.63, 3.8) is 0 Å². The van der Waals surface area contributed by atoms with Crippen LogP contribution in [0.4, 0.5) is 0 Å². The molecule has 1 fully saturated rings. The van der Waals surface area contributed by atoms with Gasteiger partial charge in [0.2, 0.25) is 5.91 Å². The Hall–Kier alpha value is -1.83. The number of hydrogen-bond donors (Lipinski definition) is 1. The number of rotatable bonds is 2. The van der Waals surface area contributed by atoms with Crippen LogP contribution < -0.4 is 5.32 Å². The van der Waals surface area contributed by atoms with Gasteiger partial charge in [-0.2, -0.15) is 0 Å². The predicted octanol–water partition coefficient (Wildman–Crippen LogP) is 4.05. The molecule has 0 spiro atoms. The fourth-order valence-corrected chi connectivity index (χ4v) is 2.34. The fourth-order valence-electron chi connectivity index (χ4n) is 2.34. The van der Waals surface area contributed by atoms with Crippen LogP contribution in [0.2, 0.25) is 0 Å². The van der Waals surface area contributed by atoms with Gasteiger partial charge in [0.1, 0.15) is 0 Å². The summed E-state index contributed by atoms with van der Waals surface area (Å²) < 4.78 is 0. The summed E-state index contributed by atoms with van der Waals surface area (Å²) >= 11 is 0. The van der Waals surface area contributed by atoms with Gasteiger partial charge in [-0.1, -0.05) is 43.9 Å². The van der Waals surface area contributed by atoms with Crippen molar-refractivity contribution in [2.24, 2.45) is 5.92 Å². The van der Waals surface area contributed by atoms with Crippen LogP contribution in [0.25, 0.3) is 0 Å². The van der Waals surface area contributed by atoms with Crippen LogP contribution in [-0.4, -0.2) is 5.91 Å². The number of carbonyl (C=O) groups excluding carboxylic acids is 1. The Bertz CT molecular complexity index is 489. The highest BCUT2D eigenvalue weighted by atomic mass is 16.1. The van der Waals surface area contributed by atoms with Crippen LogP contribution in [0.1, 0.15) is 34.1 Å². The molecule has 1 heterocycles. The highest BCUT2D eigenvalue weighted by molar-refractivity contribution is 5.88. The zero-order chi connectivity index (χ0) is 14.4. The molecular weight excluding hydrogens is 234 g/mol. The number of amides is 1. The quantitative estimate of drug-likeness (QED) is 0.794. The smallest absolute Gasteiger partial charge is 0.231 e. The second-order valence-corrected chi connectivity index (χ2v) is 4.50. The average molecular weight is 257 g/mol. The Morgan fingerprint density at radius 1 is 1.26 bits per heavy atom. The van der Waals surface area contributed by atoms with E-state index in [-0.39, 0.29) is 11.8 Å². The molecule has 0 saturated carbocycles. The van der Waals surface area contributed by atoms with Gasteiger partial charge in [-0.25, -0.2) is 0 Å². The van der Waals surface area contributed by atoms with E-state index in [4.69, 9.17) is 0 Å². The Morgan fingerprint density at radius 3 is 2.42 bits per heavy atom. The SMILES string of the molecule is C=C\C=C1/C(=CC)C(C)C(=O)NC(=C/C)/C1=C\CC. The van der Waals surface area contributed by atoms with Gasteiger partial charge in [0, 0.05) is 11.3 Å². The summed E-state index contributed by atoms with van der Waals surface area (Å²) in [5, 5.41) is 3.00. The van der Waals surface area contributed by atoms with Gasteiger partial charge in [0.05, 0.1) is 5.92 Å². The first-order valence-corrected chi connectivity index (χ1v) is 6.78. The lowest BCUT2D eigenvalue weighted by molar-refractivity contribution is -0.122. The second kappa shape index (κ2) is 6.93. The van der Waals surface area contributed by atoms with Crippen molar-refractivity contribution in [3.8, 4) is 0 Å². The third-order valence-electron chi connectivity index (χ3n) is 3.30. The van der Waals surface area contributed by atoms with E-state index < -0.39 is 0 Å². The highest BCUT2D eigenvalue weighted by Crippen LogP contribution is 2.33. The number of allylic oxidation sites excluding steroid dienone is 6. The lowest BCUT2D eigenvalue weighted by Crippen LogP contribution is -2.27. The topological polar surface area (TPSA) is 29.1 Å². The average Bonchev–Trinajstić information content (AvgIpc) is 2.50. The first-order valence-electron chi connectivity index (χ1n) is 6.78. The molecule has 1 amide bonds. The Kier molecular flexibility index (Phi) is 5.56. The molecule has 1 unspecified atom stereocenters. The van der Waals surface area contributed by atoms with Crippen molar-refractivity contribution in [1.29, 1.82) is 0 Å². The molecule has 1 N–H and O–H groups in total. The number of carbonyl (C=O) groups is 1. The summed E-state index contributed by atoms with van der Waals surface area (Å²) in [7, 11) is 0. The summed E-state index contributed by atoms with van der Waals surface area (Å²) in [5.41, 5.74) is 4.09. The molecule has 0 aromatic carbocycles. The third kappa shape index (κ3) is 3.14. The van der Waals surface area contributed by atoms with Gasteiger partial charge in [-0.05, 0) is 38.3 Å². The molecule has 1 rings (SSSR count). The van der Waals surface area contributed by atoms with Crippen molar-refractivity contribution in [3.05, 3.63) is 59.4 Å². The lowest BCUT2D eigenvalue weighted by Gasteiger charge is -2.14. The highest BCUT2D eigenvalue weighted by Gasteiger charge is 2.28. The molecular formula is C17H23NO. The Labute approximate surface area is 116 Å². The van der Waals surface area contributed by atoms with Gasteiger partial charge in [0.25, 0.3) is 0 Å². The number of nitrogens with one attached hydrogen (secondary N) is 1. The van der Waals surface area contributed by atoms with E-state index >= 15 is 0 Å². The molecule has 102 valence electrons. The zero-order valence-corrected chi connectivity index (χ0v) is 12.3. The summed E-state index contributed by atoms with van der Waals surface area (Å²) in [6.07, 6.45) is 10.8. The minimum atomic E-state index is -0.158. The van der Waals surface area contributed by atoms with E-state index in [1.807, 2.05) is 39.0 Å². The maximum absolute atomic E-state index is 12.2. The normalized spacial score (nSPS) is 28.8. The molecule has 0 radical (unpaired) electrons. The zero-order valence-electron chi connectivity index (χ0n) is 12.3. The van der Waals surface area contributed by atoms with E-state index in [1.54, 1.807) is 6.08 Å². The van der Waals surface area contributed by atoms with E-state index in [2.05, 4.69) is 24.9 Å². The molecule has 1 atom stereocenters. The van der Waals surface area contributed by atoms with Crippen molar-refractivity contribution in [1.82, 2.24) is 5.32 Å². The second-order valence-electron chi connectivity index (χ2n) is 4.50. The third-order valence-corrected chi connectivity index (χ3v) is 3.30. The largest absolute Gasteiger partial charge is 0.325 e. The van der Waals surface area contributed by atoms with Crippen LogP contribution in [0.5, 0.6) is 0 Å². The van der Waals surface area contributed by atoms with Crippen LogP contribution >= 0.6 is 0 Å². The predicted molar refractivity (Wildman–Crippen MR) is 81.5 cm³/mol. The summed E-state index contributed by atoms with van der Waals surface area (Å²) in [4.78, 5) is 12.2. The first kappa shape index (κ1) is 15.2. The molecule has 1 aliphatic rings. The standard InChI is InChI=1S/C17H23NO/c1-6-10-14-13(8-3)12(5)17(19)18-16(9-4)15(14)11-7-2/h6,8-12H,1,7H2,2-5H3,(H,18,19)/b13-8?,14-10+,15-11-,16-9+. The van der Waals surface area contributed by atoms with Gasteiger partial charge in [0.15, 0.2) is 0 Å². The molecule has 0 aromatic heterocycles. The minimum absolute atomic E-state index is 0.0377. The molecule has 1 saturated heterocycles. The van der Waals surface area contributed by atoms with Gasteiger partial charge < -0.3 is 5.32 Å². The van der Waals surface area contributed by atoms with E-state index in [9.17, 15) is 4.79 Å². The maximum Gasteiger partial charge on any atom is 0.231 e. The van der Waals surface area contributed by atoms with Gasteiger partial charge in [-0.15, -0.1) is 0 Å². The van der Waals surface area contributed by atoms with Crippen molar-refractivity contribution in [2.75, 3.05) is 0 Å². The molecule has 2 heteroatoms. The van der Waals surface area contributed by atoms with Crippen molar-refractivity contribution < 1.29 is 4.79 Å². The molecule has 0 bridgehead atoms. The molecule has 1 aliphatic heterocycles. The lowest BCUT2D eigenvalue weighted by atomic mass is 9.88. The summed E-state index contributed by atoms with van der Waals surface area (Å²) in [6.45, 7) is 11.7. The molecule has 0 aliphatic carbocycles. The Morgan fingerprint density at radius 2 is 1.95 bits per heavy atom. The molecule has 19 heavy (non-hydrogen) atoms. The minimum Gasteiger partial charge on any atom is -0.325 e. The fraction of sp³-hybridized carbons (Fsp3) is 0.353. The van der Waals surface area contributed by atoms with Gasteiger partial charge in [-0.3, -0.25) is 4.79 Å². The van der Waals surface area contributed by atoms with E-state index in [0.717, 1.165) is 28.8 Å². The van der Waals surface area contributed by atoms with E-state index in [1.165, 1.54) is 0 Å². The molecule has 2 nitrogen and oxygen atoms in total. The summed E-state index contributed by atoms with van der Waals surface area (Å²) in [5.74, 6) is -0.121. The van der Waals surface area contributed by atoms with Crippen LogP contribution in [0.15, 0.2) is 59.4 Å². The van der Waals surface area contributed by atoms with Crippen LogP contribution in [0.3, 0.4) is 0 Å².